The van der Waals surface area contributed by atoms with Gasteiger partial charge in [-0.25, -0.2) is 9.97 Å². The number of aryl methyl sites for hydroxylation is 1. The Morgan fingerprint density at radius 2 is 2.00 bits per heavy atom. The maximum absolute atomic E-state index is 12.9. The van der Waals surface area contributed by atoms with Gasteiger partial charge in [0.1, 0.15) is 16.7 Å². The van der Waals surface area contributed by atoms with Gasteiger partial charge in [0, 0.05) is 13.0 Å². The van der Waals surface area contributed by atoms with E-state index in [2.05, 4.69) is 19.7 Å². The fourth-order valence-electron chi connectivity index (χ4n) is 1.51. The van der Waals surface area contributed by atoms with E-state index in [4.69, 9.17) is 0 Å². The summed E-state index contributed by atoms with van der Waals surface area (Å²) in [6.07, 6.45) is -3.71. The predicted octanol–water partition coefficient (Wildman–Crippen LogP) is 4.10. The Balaban J connectivity index is 2.30. The molecule has 0 aliphatic heterocycles. The lowest BCUT2D eigenvalue weighted by atomic mass is 10.2. The topological polar surface area (TPSA) is 50.7 Å². The highest BCUT2D eigenvalue weighted by Gasteiger charge is 2.31. The first-order chi connectivity index (χ1) is 9.92. The molecule has 2 heterocycles. The van der Waals surface area contributed by atoms with Crippen molar-refractivity contribution in [2.45, 2.75) is 35.8 Å². The van der Waals surface area contributed by atoms with Gasteiger partial charge in [-0.15, -0.1) is 0 Å². The van der Waals surface area contributed by atoms with Gasteiger partial charge < -0.3 is 5.32 Å². The summed E-state index contributed by atoms with van der Waals surface area (Å²) in [5.41, 5.74) is -0.726. The third-order valence-electron chi connectivity index (χ3n) is 2.44. The highest BCUT2D eigenvalue weighted by atomic mass is 32.2. The number of anilines is 1. The minimum absolute atomic E-state index is 0.204. The number of rotatable bonds is 5. The fraction of sp³-hybridized carbons (Fsp3) is 0.417. The Morgan fingerprint density at radius 3 is 2.57 bits per heavy atom. The molecular weight excluding hydrogens is 321 g/mol. The summed E-state index contributed by atoms with van der Waals surface area (Å²) in [4.78, 5) is 8.38. The van der Waals surface area contributed by atoms with Crippen LogP contribution in [0.15, 0.2) is 21.5 Å². The molecule has 0 bridgehead atoms. The first-order valence-corrected chi connectivity index (χ1v) is 7.85. The van der Waals surface area contributed by atoms with Gasteiger partial charge in [-0.2, -0.15) is 17.5 Å². The maximum Gasteiger partial charge on any atom is 0.416 e. The zero-order chi connectivity index (χ0) is 15.5. The number of hydrogen-bond donors (Lipinski definition) is 1. The van der Waals surface area contributed by atoms with Crippen molar-refractivity contribution in [3.8, 4) is 0 Å². The third-order valence-corrected chi connectivity index (χ3v) is 4.15. The number of nitrogens with zero attached hydrogens (tertiary/aromatic N) is 3. The molecule has 0 atom stereocenters. The van der Waals surface area contributed by atoms with Crippen LogP contribution in [0.1, 0.15) is 25.2 Å². The highest BCUT2D eigenvalue weighted by molar-refractivity contribution is 8.00. The average Bonchev–Trinajstić information content (AvgIpc) is 2.85. The molecule has 0 aliphatic carbocycles. The van der Waals surface area contributed by atoms with Crippen molar-refractivity contribution in [2.75, 3.05) is 11.9 Å². The van der Waals surface area contributed by atoms with Crippen LogP contribution >= 0.6 is 23.3 Å². The van der Waals surface area contributed by atoms with Crippen molar-refractivity contribution in [1.82, 2.24) is 14.3 Å². The van der Waals surface area contributed by atoms with E-state index in [1.54, 1.807) is 6.92 Å². The third kappa shape index (κ3) is 4.31. The van der Waals surface area contributed by atoms with Gasteiger partial charge in [0.25, 0.3) is 0 Å². The Labute approximate surface area is 128 Å². The second-order valence-corrected chi connectivity index (χ2v) is 6.06. The first kappa shape index (κ1) is 16.0. The summed E-state index contributed by atoms with van der Waals surface area (Å²) < 4.78 is 43.4. The number of hydrogen-bond acceptors (Lipinski definition) is 6. The number of halogens is 3. The van der Waals surface area contributed by atoms with Gasteiger partial charge in [0.2, 0.25) is 0 Å². The normalized spacial score (nSPS) is 11.7. The van der Waals surface area contributed by atoms with E-state index in [-0.39, 0.29) is 10.8 Å². The predicted molar refractivity (Wildman–Crippen MR) is 76.8 cm³/mol. The van der Waals surface area contributed by atoms with Crippen molar-refractivity contribution in [2.24, 2.45) is 0 Å². The summed E-state index contributed by atoms with van der Waals surface area (Å²) in [5, 5.41) is 3.06. The van der Waals surface area contributed by atoms with E-state index in [0.717, 1.165) is 35.4 Å². The molecule has 0 radical (unpaired) electrons. The van der Waals surface area contributed by atoms with Crippen LogP contribution in [0.4, 0.5) is 19.0 Å². The van der Waals surface area contributed by atoms with Crippen molar-refractivity contribution < 1.29 is 13.2 Å². The van der Waals surface area contributed by atoms with Crippen LogP contribution in [0.2, 0.25) is 0 Å². The monoisotopic (exact) mass is 334 g/mol. The molecule has 0 aliphatic rings. The molecule has 0 amide bonds. The summed E-state index contributed by atoms with van der Waals surface area (Å²) in [6, 6.07) is 2.03. The van der Waals surface area contributed by atoms with Crippen LogP contribution in [0, 0.1) is 0 Å². The maximum atomic E-state index is 12.9. The summed E-state index contributed by atoms with van der Waals surface area (Å²) in [5.74, 6) is 0.886. The van der Waals surface area contributed by atoms with Gasteiger partial charge >= 0.3 is 6.18 Å². The molecule has 0 unspecified atom stereocenters. The number of nitrogens with one attached hydrogen (secondary N) is 1. The molecule has 0 saturated heterocycles. The standard InChI is InChI=1S/C12H13F3N4S2/c1-3-8-18-11(21-19-8)20-10-6-7(12(13,14)15)5-9(17-10)16-4-2/h5-6H,3-4H2,1-2H3,(H,16,17). The number of alkyl halides is 3. The molecule has 2 rings (SSSR count). The minimum atomic E-state index is -4.40. The van der Waals surface area contributed by atoms with Crippen LogP contribution in [0.3, 0.4) is 0 Å². The lowest BCUT2D eigenvalue weighted by Crippen LogP contribution is -2.08. The zero-order valence-electron chi connectivity index (χ0n) is 11.4. The van der Waals surface area contributed by atoms with Gasteiger partial charge in [0.15, 0.2) is 4.34 Å². The van der Waals surface area contributed by atoms with Crippen molar-refractivity contribution in [3.05, 3.63) is 23.5 Å². The van der Waals surface area contributed by atoms with Crippen LogP contribution in [-0.2, 0) is 12.6 Å². The molecule has 114 valence electrons. The smallest absolute Gasteiger partial charge is 0.370 e. The van der Waals surface area contributed by atoms with E-state index in [9.17, 15) is 13.2 Å². The summed E-state index contributed by atoms with van der Waals surface area (Å²) in [6.45, 7) is 4.21. The second-order valence-electron chi connectivity index (χ2n) is 4.04. The highest BCUT2D eigenvalue weighted by Crippen LogP contribution is 2.35. The van der Waals surface area contributed by atoms with Gasteiger partial charge in [-0.05, 0) is 42.4 Å². The Kier molecular flexibility index (Phi) is 5.04. The molecule has 0 aromatic carbocycles. The Hall–Kier alpha value is -1.35. The molecule has 9 heteroatoms. The van der Waals surface area contributed by atoms with Crippen LogP contribution in [0.25, 0.3) is 0 Å². The average molecular weight is 334 g/mol. The molecule has 0 spiro atoms. The molecule has 0 saturated carbocycles. The quantitative estimate of drug-likeness (QED) is 0.892. The fourth-order valence-corrected chi connectivity index (χ4v) is 3.18. The lowest BCUT2D eigenvalue weighted by molar-refractivity contribution is -0.137. The molecule has 4 nitrogen and oxygen atoms in total. The summed E-state index contributed by atoms with van der Waals surface area (Å²) in [7, 11) is 0. The van der Waals surface area contributed by atoms with Crippen molar-refractivity contribution in [1.29, 1.82) is 0 Å². The van der Waals surface area contributed by atoms with E-state index < -0.39 is 11.7 Å². The van der Waals surface area contributed by atoms with Crippen molar-refractivity contribution in [3.63, 3.8) is 0 Å². The van der Waals surface area contributed by atoms with E-state index in [0.29, 0.717) is 23.1 Å². The Bertz CT molecular complexity index is 613. The van der Waals surface area contributed by atoms with Gasteiger partial charge in [0.05, 0.1) is 5.56 Å². The van der Waals surface area contributed by atoms with E-state index >= 15 is 0 Å². The SMILES string of the molecule is CCNc1cc(C(F)(F)F)cc(Sc2nc(CC)ns2)n1. The second kappa shape index (κ2) is 6.61. The minimum Gasteiger partial charge on any atom is -0.370 e. The van der Waals surface area contributed by atoms with E-state index in [1.165, 1.54) is 0 Å². The number of aromatic nitrogens is 3. The van der Waals surface area contributed by atoms with Gasteiger partial charge in [-0.3, -0.25) is 0 Å². The van der Waals surface area contributed by atoms with Crippen LogP contribution in [-0.4, -0.2) is 20.9 Å². The molecule has 0 fully saturated rings. The Morgan fingerprint density at radius 1 is 1.24 bits per heavy atom. The lowest BCUT2D eigenvalue weighted by Gasteiger charge is -2.11. The zero-order valence-corrected chi connectivity index (χ0v) is 13.0. The van der Waals surface area contributed by atoms with Crippen LogP contribution in [0.5, 0.6) is 0 Å². The summed E-state index contributed by atoms with van der Waals surface area (Å²) >= 11 is 2.25. The molecule has 2 aromatic rings. The molecule has 21 heavy (non-hydrogen) atoms. The molecule has 2 aromatic heterocycles. The number of pyridine rings is 1. The van der Waals surface area contributed by atoms with E-state index in [1.807, 2.05) is 6.92 Å². The first-order valence-electron chi connectivity index (χ1n) is 6.26. The van der Waals surface area contributed by atoms with Gasteiger partial charge in [-0.1, -0.05) is 6.92 Å². The largest absolute Gasteiger partial charge is 0.416 e. The van der Waals surface area contributed by atoms with Crippen molar-refractivity contribution >= 4 is 29.1 Å². The molecular formula is C12H13F3N4S2. The molecule has 1 N–H and O–H groups in total. The van der Waals surface area contributed by atoms with Crippen LogP contribution < -0.4 is 5.32 Å².